The van der Waals surface area contributed by atoms with Crippen molar-refractivity contribution < 1.29 is 0 Å². The van der Waals surface area contributed by atoms with Crippen LogP contribution in [0.15, 0.2) is 64.5 Å². The minimum atomic E-state index is -0.0623. The van der Waals surface area contributed by atoms with Crippen LogP contribution in [-0.4, -0.2) is 27.0 Å². The summed E-state index contributed by atoms with van der Waals surface area (Å²) in [5.74, 6) is 0. The second-order valence-corrected chi connectivity index (χ2v) is 7.17. The van der Waals surface area contributed by atoms with Gasteiger partial charge in [-0.15, -0.1) is 0 Å². The number of hydrogen-bond donors (Lipinski definition) is 2. The van der Waals surface area contributed by atoms with E-state index in [1.807, 2.05) is 44.2 Å². The predicted molar refractivity (Wildman–Crippen MR) is 115 cm³/mol. The number of hydrogen-bond acceptors (Lipinski definition) is 2. The van der Waals surface area contributed by atoms with Gasteiger partial charge in [-0.1, -0.05) is 29.8 Å². The number of aromatic amines is 2. The van der Waals surface area contributed by atoms with E-state index < -0.39 is 0 Å². The van der Waals surface area contributed by atoms with Crippen LogP contribution in [0, 0.1) is 13.8 Å². The molecule has 0 amide bonds. The molecular weight excluding hydrogens is 348 g/mol. The number of nitrogens with one attached hydrogen (secondary N) is 2. The van der Waals surface area contributed by atoms with Crippen molar-refractivity contribution in [2.24, 2.45) is 4.99 Å². The molecule has 0 radical (unpaired) electrons. The molecule has 0 aliphatic rings. The van der Waals surface area contributed by atoms with E-state index in [2.05, 4.69) is 41.4 Å². The number of benzene rings is 2. The lowest BCUT2D eigenvalue weighted by molar-refractivity contribution is 0.835. The third-order valence-electron chi connectivity index (χ3n) is 5.10. The standard InChI is InChI=1S/C23H24N4O/c1-15-9-10-21-20(13-15)18(14-25-21)11-12-24-16(2)22-17(3)26-27(23(22)28)19-7-5-4-6-8-19/h4-10,13-14,25-26H,11-12H2,1-3H3. The van der Waals surface area contributed by atoms with Gasteiger partial charge >= 0.3 is 0 Å². The van der Waals surface area contributed by atoms with E-state index in [0.717, 1.165) is 29.0 Å². The fourth-order valence-corrected chi connectivity index (χ4v) is 3.65. The van der Waals surface area contributed by atoms with Gasteiger partial charge in [-0.05, 0) is 57.0 Å². The molecule has 4 aromatic rings. The van der Waals surface area contributed by atoms with Gasteiger partial charge in [0.15, 0.2) is 0 Å². The molecule has 0 unspecified atom stereocenters. The Morgan fingerprint density at radius 1 is 1.11 bits per heavy atom. The van der Waals surface area contributed by atoms with E-state index in [4.69, 9.17) is 4.99 Å². The topological polar surface area (TPSA) is 65.9 Å². The first-order valence-corrected chi connectivity index (χ1v) is 9.49. The molecule has 0 fully saturated rings. The number of H-pyrrole nitrogens is 2. The molecule has 0 aliphatic heterocycles. The number of aryl methyl sites for hydroxylation is 2. The molecule has 142 valence electrons. The molecule has 0 aliphatic carbocycles. The van der Waals surface area contributed by atoms with Gasteiger partial charge in [-0.2, -0.15) is 0 Å². The first-order chi connectivity index (χ1) is 13.5. The van der Waals surface area contributed by atoms with Crippen molar-refractivity contribution in [1.29, 1.82) is 0 Å². The van der Waals surface area contributed by atoms with Gasteiger partial charge in [-0.3, -0.25) is 14.9 Å². The number of fused-ring (bicyclic) bond motifs is 1. The van der Waals surface area contributed by atoms with E-state index in [0.29, 0.717) is 12.1 Å². The monoisotopic (exact) mass is 372 g/mol. The first-order valence-electron chi connectivity index (χ1n) is 9.49. The quantitative estimate of drug-likeness (QED) is 0.504. The number of aromatic nitrogens is 3. The van der Waals surface area contributed by atoms with Crippen LogP contribution < -0.4 is 5.56 Å². The summed E-state index contributed by atoms with van der Waals surface area (Å²) in [6.07, 6.45) is 2.88. The molecule has 5 heteroatoms. The van der Waals surface area contributed by atoms with Crippen molar-refractivity contribution >= 4 is 16.6 Å². The Labute approximate surface area is 163 Å². The summed E-state index contributed by atoms with van der Waals surface area (Å²) in [7, 11) is 0. The summed E-state index contributed by atoms with van der Waals surface area (Å²) in [6, 6.07) is 16.0. The highest BCUT2D eigenvalue weighted by Gasteiger charge is 2.14. The zero-order valence-electron chi connectivity index (χ0n) is 16.4. The maximum absolute atomic E-state index is 12.9. The lowest BCUT2D eigenvalue weighted by atomic mass is 10.1. The summed E-state index contributed by atoms with van der Waals surface area (Å²) in [6.45, 7) is 6.57. The molecule has 5 nitrogen and oxygen atoms in total. The molecule has 28 heavy (non-hydrogen) atoms. The smallest absolute Gasteiger partial charge is 0.280 e. The number of rotatable bonds is 5. The Bertz CT molecular complexity index is 1210. The molecule has 0 bridgehead atoms. The first kappa shape index (κ1) is 18.0. The van der Waals surface area contributed by atoms with Crippen molar-refractivity contribution in [3.8, 4) is 5.69 Å². The Morgan fingerprint density at radius 3 is 2.68 bits per heavy atom. The van der Waals surface area contributed by atoms with Crippen LogP contribution >= 0.6 is 0 Å². The fourth-order valence-electron chi connectivity index (χ4n) is 3.65. The van der Waals surface area contributed by atoms with Crippen molar-refractivity contribution in [3.05, 3.63) is 87.5 Å². The average molecular weight is 372 g/mol. The maximum atomic E-state index is 12.9. The van der Waals surface area contributed by atoms with Crippen LogP contribution in [0.2, 0.25) is 0 Å². The highest BCUT2D eigenvalue weighted by atomic mass is 16.1. The van der Waals surface area contributed by atoms with Crippen LogP contribution in [0.4, 0.5) is 0 Å². The van der Waals surface area contributed by atoms with Crippen LogP contribution in [-0.2, 0) is 6.42 Å². The molecule has 2 N–H and O–H groups in total. The van der Waals surface area contributed by atoms with E-state index in [1.54, 1.807) is 4.68 Å². The molecular formula is C23H24N4O. The SMILES string of the molecule is CC(=NCCc1c[nH]c2ccc(C)cc12)c1c(C)[nH]n(-c2ccccc2)c1=O. The normalized spacial score (nSPS) is 12.0. The van der Waals surface area contributed by atoms with Crippen molar-refractivity contribution in [2.45, 2.75) is 27.2 Å². The predicted octanol–water partition coefficient (Wildman–Crippen LogP) is 4.32. The molecule has 0 saturated carbocycles. The van der Waals surface area contributed by atoms with Gasteiger partial charge < -0.3 is 4.98 Å². The van der Waals surface area contributed by atoms with Gasteiger partial charge in [0.05, 0.1) is 11.3 Å². The van der Waals surface area contributed by atoms with Gasteiger partial charge in [0.2, 0.25) is 0 Å². The lowest BCUT2D eigenvalue weighted by Crippen LogP contribution is -2.19. The molecule has 2 heterocycles. The summed E-state index contributed by atoms with van der Waals surface area (Å²) in [4.78, 5) is 20.9. The van der Waals surface area contributed by atoms with E-state index in [-0.39, 0.29) is 5.56 Å². The number of aliphatic imine (C=N–C) groups is 1. The van der Waals surface area contributed by atoms with Crippen LogP contribution in [0.1, 0.15) is 29.3 Å². The summed E-state index contributed by atoms with van der Waals surface area (Å²) < 4.78 is 1.58. The van der Waals surface area contributed by atoms with Gasteiger partial charge in [0.1, 0.15) is 0 Å². The Hall–Kier alpha value is -3.34. The van der Waals surface area contributed by atoms with E-state index in [9.17, 15) is 4.79 Å². The Kier molecular flexibility index (Phi) is 4.74. The van der Waals surface area contributed by atoms with E-state index in [1.165, 1.54) is 16.5 Å². The number of para-hydroxylation sites is 1. The molecule has 0 spiro atoms. The summed E-state index contributed by atoms with van der Waals surface area (Å²) in [5.41, 5.74) is 6.66. The van der Waals surface area contributed by atoms with Crippen molar-refractivity contribution in [1.82, 2.24) is 14.8 Å². The average Bonchev–Trinajstić information content (AvgIpc) is 3.22. The van der Waals surface area contributed by atoms with E-state index >= 15 is 0 Å². The molecule has 2 aromatic heterocycles. The van der Waals surface area contributed by atoms with Gasteiger partial charge in [0, 0.05) is 35.1 Å². The zero-order chi connectivity index (χ0) is 19.7. The Morgan fingerprint density at radius 2 is 1.89 bits per heavy atom. The summed E-state index contributed by atoms with van der Waals surface area (Å²) in [5, 5.41) is 4.41. The highest BCUT2D eigenvalue weighted by molar-refractivity contribution is 5.99. The molecule has 2 aromatic carbocycles. The maximum Gasteiger partial charge on any atom is 0.280 e. The van der Waals surface area contributed by atoms with Crippen molar-refractivity contribution in [2.75, 3.05) is 6.54 Å². The number of nitrogens with zero attached hydrogens (tertiary/aromatic N) is 2. The van der Waals surface area contributed by atoms with Crippen LogP contribution in [0.3, 0.4) is 0 Å². The molecule has 0 atom stereocenters. The van der Waals surface area contributed by atoms with Crippen LogP contribution in [0.5, 0.6) is 0 Å². The van der Waals surface area contributed by atoms with Gasteiger partial charge in [-0.25, -0.2) is 4.68 Å². The second-order valence-electron chi connectivity index (χ2n) is 7.17. The molecule has 4 rings (SSSR count). The van der Waals surface area contributed by atoms with Gasteiger partial charge in [0.25, 0.3) is 5.56 Å². The largest absolute Gasteiger partial charge is 0.361 e. The fraction of sp³-hybridized carbons (Fsp3) is 0.217. The summed E-state index contributed by atoms with van der Waals surface area (Å²) >= 11 is 0. The molecule has 0 saturated heterocycles. The highest BCUT2D eigenvalue weighted by Crippen LogP contribution is 2.20. The third-order valence-corrected chi connectivity index (χ3v) is 5.10. The second kappa shape index (κ2) is 7.35. The Balaban J connectivity index is 1.57. The minimum absolute atomic E-state index is 0.0623. The zero-order valence-corrected chi connectivity index (χ0v) is 16.4. The van der Waals surface area contributed by atoms with Crippen LogP contribution in [0.25, 0.3) is 16.6 Å². The minimum Gasteiger partial charge on any atom is -0.361 e. The lowest BCUT2D eigenvalue weighted by Gasteiger charge is -2.01. The van der Waals surface area contributed by atoms with Crippen molar-refractivity contribution in [3.63, 3.8) is 0 Å². The third kappa shape index (κ3) is 3.31.